The number of rotatable bonds is 2. The van der Waals surface area contributed by atoms with E-state index in [2.05, 4.69) is 10.6 Å². The van der Waals surface area contributed by atoms with Crippen molar-refractivity contribution >= 4 is 17.3 Å². The Morgan fingerprint density at radius 3 is 2.64 bits per heavy atom. The minimum Gasteiger partial charge on any atom is -0.381 e. The van der Waals surface area contributed by atoms with Gasteiger partial charge in [0.2, 0.25) is 0 Å². The minimum absolute atomic E-state index is 0.437. The average Bonchev–Trinajstić information content (AvgIpc) is 1.95. The molecule has 2 N–H and O–H groups in total. The largest absolute Gasteiger partial charge is 0.381 e. The van der Waals surface area contributed by atoms with Crippen LogP contribution in [0, 0.1) is 0 Å². The Labute approximate surface area is 72.5 Å². The van der Waals surface area contributed by atoms with Gasteiger partial charge < -0.3 is 15.4 Å². The summed E-state index contributed by atoms with van der Waals surface area (Å²) in [6.07, 6.45) is 2.57. The number of hydrogen-bond acceptors (Lipinski definition) is 2. The van der Waals surface area contributed by atoms with E-state index in [1.54, 1.807) is 7.11 Å². The molecule has 0 aromatic heterocycles. The van der Waals surface area contributed by atoms with E-state index in [-0.39, 0.29) is 0 Å². The molecule has 0 aromatic rings. The van der Waals surface area contributed by atoms with Crippen molar-refractivity contribution in [2.75, 3.05) is 14.2 Å². The smallest absolute Gasteiger partial charge is 0.166 e. The molecule has 1 aliphatic carbocycles. The zero-order chi connectivity index (χ0) is 8.27. The van der Waals surface area contributed by atoms with Crippen LogP contribution < -0.4 is 10.6 Å². The fraction of sp³-hybridized carbons (Fsp3) is 0.857. The van der Waals surface area contributed by atoms with Gasteiger partial charge in [0.25, 0.3) is 0 Å². The summed E-state index contributed by atoms with van der Waals surface area (Å²) in [7, 11) is 3.57. The highest BCUT2D eigenvalue weighted by Crippen LogP contribution is 2.22. The molecule has 1 rings (SSSR count). The van der Waals surface area contributed by atoms with Crippen LogP contribution in [0.1, 0.15) is 12.8 Å². The van der Waals surface area contributed by atoms with Crippen molar-refractivity contribution in [3.63, 3.8) is 0 Å². The molecule has 3 nitrogen and oxygen atoms in total. The first kappa shape index (κ1) is 8.74. The van der Waals surface area contributed by atoms with E-state index in [0.717, 1.165) is 18.0 Å². The lowest BCUT2D eigenvalue weighted by atomic mass is 9.89. The molecule has 0 atom stereocenters. The number of thiocarbonyl (C=S) groups is 1. The molecule has 0 aliphatic heterocycles. The highest BCUT2D eigenvalue weighted by atomic mass is 32.1. The summed E-state index contributed by atoms with van der Waals surface area (Å²) in [4.78, 5) is 0. The molecule has 0 saturated heterocycles. The monoisotopic (exact) mass is 174 g/mol. The van der Waals surface area contributed by atoms with Gasteiger partial charge in [-0.1, -0.05) is 0 Å². The van der Waals surface area contributed by atoms with E-state index in [1.807, 2.05) is 7.05 Å². The Balaban J connectivity index is 2.08. The number of methoxy groups -OCH3 is 1. The van der Waals surface area contributed by atoms with Gasteiger partial charge in [-0.15, -0.1) is 0 Å². The summed E-state index contributed by atoms with van der Waals surface area (Å²) in [6.45, 7) is 0. The highest BCUT2D eigenvalue weighted by molar-refractivity contribution is 7.80. The van der Waals surface area contributed by atoms with Gasteiger partial charge in [0, 0.05) is 20.2 Å². The summed E-state index contributed by atoms with van der Waals surface area (Å²) >= 11 is 4.94. The number of hydrogen-bond donors (Lipinski definition) is 2. The molecule has 0 unspecified atom stereocenters. The quantitative estimate of drug-likeness (QED) is 0.588. The van der Waals surface area contributed by atoms with Gasteiger partial charge in [-0.2, -0.15) is 0 Å². The van der Waals surface area contributed by atoms with Crippen LogP contribution in [0.25, 0.3) is 0 Å². The highest BCUT2D eigenvalue weighted by Gasteiger charge is 2.28. The van der Waals surface area contributed by atoms with Crippen molar-refractivity contribution in [1.82, 2.24) is 10.6 Å². The van der Waals surface area contributed by atoms with Gasteiger partial charge >= 0.3 is 0 Å². The lowest BCUT2D eigenvalue weighted by Gasteiger charge is -2.35. The molecule has 1 saturated carbocycles. The third kappa shape index (κ3) is 2.31. The van der Waals surface area contributed by atoms with Crippen molar-refractivity contribution in [3.05, 3.63) is 0 Å². The van der Waals surface area contributed by atoms with E-state index in [1.165, 1.54) is 0 Å². The zero-order valence-corrected chi connectivity index (χ0v) is 7.70. The van der Waals surface area contributed by atoms with Crippen molar-refractivity contribution < 1.29 is 4.74 Å². The lowest BCUT2D eigenvalue weighted by molar-refractivity contribution is 0.0226. The van der Waals surface area contributed by atoms with Crippen LogP contribution in [0.15, 0.2) is 0 Å². The van der Waals surface area contributed by atoms with E-state index >= 15 is 0 Å². The summed E-state index contributed by atoms with van der Waals surface area (Å²) in [6, 6.07) is 0.514. The fourth-order valence-electron chi connectivity index (χ4n) is 1.13. The molecule has 0 amide bonds. The Morgan fingerprint density at radius 2 is 2.18 bits per heavy atom. The second-order valence-electron chi connectivity index (χ2n) is 2.75. The number of ether oxygens (including phenoxy) is 1. The molecule has 0 heterocycles. The second-order valence-corrected chi connectivity index (χ2v) is 3.16. The average molecular weight is 174 g/mol. The zero-order valence-electron chi connectivity index (χ0n) is 6.89. The van der Waals surface area contributed by atoms with Gasteiger partial charge in [0.1, 0.15) is 0 Å². The summed E-state index contributed by atoms with van der Waals surface area (Å²) < 4.78 is 5.13. The van der Waals surface area contributed by atoms with Crippen LogP contribution in [0.5, 0.6) is 0 Å². The lowest BCUT2D eigenvalue weighted by Crippen LogP contribution is -2.49. The first-order valence-electron chi connectivity index (χ1n) is 3.77. The predicted octanol–water partition coefficient (Wildman–Crippen LogP) is 0.258. The van der Waals surface area contributed by atoms with Crippen LogP contribution in [0.3, 0.4) is 0 Å². The van der Waals surface area contributed by atoms with Gasteiger partial charge in [0.05, 0.1) is 6.10 Å². The molecule has 0 bridgehead atoms. The van der Waals surface area contributed by atoms with Gasteiger partial charge in [0.15, 0.2) is 5.11 Å². The maximum absolute atomic E-state index is 5.13. The Bertz CT molecular complexity index is 145. The molecule has 0 spiro atoms. The maximum atomic E-state index is 5.13. The molecule has 0 aromatic carbocycles. The van der Waals surface area contributed by atoms with E-state index < -0.39 is 0 Å². The maximum Gasteiger partial charge on any atom is 0.166 e. The van der Waals surface area contributed by atoms with Crippen molar-refractivity contribution in [2.45, 2.75) is 25.0 Å². The van der Waals surface area contributed by atoms with Crippen molar-refractivity contribution in [3.8, 4) is 0 Å². The molecule has 64 valence electrons. The topological polar surface area (TPSA) is 33.3 Å². The Morgan fingerprint density at radius 1 is 1.55 bits per heavy atom. The Hall–Kier alpha value is -0.350. The predicted molar refractivity (Wildman–Crippen MR) is 48.6 cm³/mol. The molecular formula is C7H14N2OS. The van der Waals surface area contributed by atoms with Crippen LogP contribution in [-0.4, -0.2) is 31.4 Å². The molecule has 0 radical (unpaired) electrons. The summed E-state index contributed by atoms with van der Waals surface area (Å²) in [5, 5.41) is 6.77. The molecule has 11 heavy (non-hydrogen) atoms. The molecular weight excluding hydrogens is 160 g/mol. The fourth-order valence-corrected chi connectivity index (χ4v) is 1.30. The van der Waals surface area contributed by atoms with Crippen LogP contribution >= 0.6 is 12.2 Å². The van der Waals surface area contributed by atoms with Gasteiger partial charge in [-0.25, -0.2) is 0 Å². The molecule has 4 heteroatoms. The standard InChI is InChI=1S/C7H14N2OS/c1-8-7(11)9-5-3-6(4-5)10-2/h5-6H,3-4H2,1-2H3,(H2,8,9,11). The van der Waals surface area contributed by atoms with Crippen LogP contribution in [-0.2, 0) is 4.74 Å². The second kappa shape index (κ2) is 3.88. The van der Waals surface area contributed by atoms with E-state index in [9.17, 15) is 0 Å². The summed E-state index contributed by atoms with van der Waals surface area (Å²) in [5.41, 5.74) is 0. The van der Waals surface area contributed by atoms with E-state index in [4.69, 9.17) is 17.0 Å². The number of nitrogens with one attached hydrogen (secondary N) is 2. The molecule has 1 fully saturated rings. The normalized spacial score (nSPS) is 28.9. The Kier molecular flexibility index (Phi) is 3.08. The van der Waals surface area contributed by atoms with Crippen LogP contribution in [0.4, 0.5) is 0 Å². The third-order valence-corrected chi connectivity index (χ3v) is 2.31. The minimum atomic E-state index is 0.437. The van der Waals surface area contributed by atoms with E-state index in [0.29, 0.717) is 12.1 Å². The first-order chi connectivity index (χ1) is 5.26. The first-order valence-corrected chi connectivity index (χ1v) is 4.18. The third-order valence-electron chi connectivity index (χ3n) is 1.99. The van der Waals surface area contributed by atoms with Gasteiger partial charge in [-0.3, -0.25) is 0 Å². The summed E-state index contributed by atoms with van der Waals surface area (Å²) in [5.74, 6) is 0. The van der Waals surface area contributed by atoms with Crippen LogP contribution in [0.2, 0.25) is 0 Å². The van der Waals surface area contributed by atoms with Crippen molar-refractivity contribution in [2.24, 2.45) is 0 Å². The SMILES string of the molecule is CNC(=S)NC1CC(OC)C1. The van der Waals surface area contributed by atoms with Crippen molar-refractivity contribution in [1.29, 1.82) is 0 Å². The van der Waals surface area contributed by atoms with Gasteiger partial charge in [-0.05, 0) is 25.1 Å². The molecule has 1 aliphatic rings.